The van der Waals surface area contributed by atoms with Gasteiger partial charge in [0.05, 0.1) is 11.5 Å². The largest absolute Gasteiger partial charge is 0.487 e. The lowest BCUT2D eigenvalue weighted by Crippen LogP contribution is -2.03. The number of aromatic nitrogens is 2. The summed E-state index contributed by atoms with van der Waals surface area (Å²) in [5.41, 5.74) is -0.210. The molecule has 0 unspecified atom stereocenters. The SMILES string of the molecule is CCCOc1cccc(-n2cnc(C(=O)O)c2)c1[N+](=O)[O-]. The number of nitro benzene ring substituents is 1. The lowest BCUT2D eigenvalue weighted by atomic mass is 10.2. The number of carboxylic acids is 1. The van der Waals surface area contributed by atoms with E-state index in [0.29, 0.717) is 6.61 Å². The van der Waals surface area contributed by atoms with Crippen LogP contribution in [-0.2, 0) is 0 Å². The second kappa shape index (κ2) is 6.04. The maximum Gasteiger partial charge on any atom is 0.356 e. The maximum absolute atomic E-state index is 11.3. The van der Waals surface area contributed by atoms with E-state index in [1.807, 2.05) is 6.92 Å². The number of carbonyl (C=O) groups is 1. The van der Waals surface area contributed by atoms with Gasteiger partial charge in [-0.15, -0.1) is 0 Å². The Morgan fingerprint density at radius 1 is 1.52 bits per heavy atom. The molecule has 2 aromatic rings. The fourth-order valence-electron chi connectivity index (χ4n) is 1.80. The summed E-state index contributed by atoms with van der Waals surface area (Å²) in [6.45, 7) is 2.25. The predicted octanol–water partition coefficient (Wildman–Crippen LogP) is 2.27. The molecule has 110 valence electrons. The van der Waals surface area contributed by atoms with Gasteiger partial charge in [0.1, 0.15) is 12.0 Å². The molecular formula is C13H13N3O5. The molecular weight excluding hydrogens is 278 g/mol. The van der Waals surface area contributed by atoms with Crippen LogP contribution < -0.4 is 4.74 Å². The zero-order valence-corrected chi connectivity index (χ0v) is 11.2. The van der Waals surface area contributed by atoms with E-state index in [0.717, 1.165) is 6.42 Å². The van der Waals surface area contributed by atoms with Crippen molar-refractivity contribution in [1.82, 2.24) is 9.55 Å². The zero-order valence-electron chi connectivity index (χ0n) is 11.2. The van der Waals surface area contributed by atoms with Crippen molar-refractivity contribution in [3.63, 3.8) is 0 Å². The van der Waals surface area contributed by atoms with Gasteiger partial charge in [-0.1, -0.05) is 13.0 Å². The molecule has 1 aromatic heterocycles. The number of benzene rings is 1. The molecule has 0 aliphatic rings. The standard InChI is InChI=1S/C13H13N3O5/c1-2-6-21-11-5-3-4-10(12(11)16(19)20)15-7-9(13(17)18)14-8-15/h3-5,7-8H,2,6H2,1H3,(H,17,18). The minimum Gasteiger partial charge on any atom is -0.487 e. The van der Waals surface area contributed by atoms with Crippen molar-refractivity contribution in [2.75, 3.05) is 6.61 Å². The van der Waals surface area contributed by atoms with Crippen LogP contribution in [0.3, 0.4) is 0 Å². The second-order valence-electron chi connectivity index (χ2n) is 4.20. The number of hydrogen-bond acceptors (Lipinski definition) is 5. The van der Waals surface area contributed by atoms with Crippen LogP contribution in [0.5, 0.6) is 5.75 Å². The highest BCUT2D eigenvalue weighted by atomic mass is 16.6. The topological polar surface area (TPSA) is 107 Å². The Bertz CT molecular complexity index is 680. The van der Waals surface area contributed by atoms with Gasteiger partial charge in [0, 0.05) is 6.20 Å². The molecule has 1 heterocycles. The fraction of sp³-hybridized carbons (Fsp3) is 0.231. The Kier molecular flexibility index (Phi) is 4.17. The molecule has 0 radical (unpaired) electrons. The number of nitro groups is 1. The van der Waals surface area contributed by atoms with Gasteiger partial charge < -0.3 is 9.84 Å². The molecule has 8 heteroatoms. The maximum atomic E-state index is 11.3. The van der Waals surface area contributed by atoms with Gasteiger partial charge in [-0.05, 0) is 18.6 Å². The van der Waals surface area contributed by atoms with E-state index in [1.165, 1.54) is 29.2 Å². The number of ether oxygens (including phenoxy) is 1. The Balaban J connectivity index is 2.51. The summed E-state index contributed by atoms with van der Waals surface area (Å²) >= 11 is 0. The summed E-state index contributed by atoms with van der Waals surface area (Å²) in [4.78, 5) is 25.3. The highest BCUT2D eigenvalue weighted by Gasteiger charge is 2.23. The van der Waals surface area contributed by atoms with Crippen LogP contribution in [0, 0.1) is 10.1 Å². The van der Waals surface area contributed by atoms with Gasteiger partial charge in [0.25, 0.3) is 0 Å². The number of nitrogens with zero attached hydrogens (tertiary/aromatic N) is 3. The summed E-state index contributed by atoms with van der Waals surface area (Å²) in [6, 6.07) is 4.62. The van der Waals surface area contributed by atoms with E-state index in [9.17, 15) is 14.9 Å². The van der Waals surface area contributed by atoms with Crippen LogP contribution in [-0.4, -0.2) is 32.2 Å². The van der Waals surface area contributed by atoms with E-state index in [1.54, 1.807) is 6.07 Å². The third-order valence-electron chi connectivity index (χ3n) is 2.70. The third kappa shape index (κ3) is 2.99. The van der Waals surface area contributed by atoms with Crippen LogP contribution in [0.1, 0.15) is 23.8 Å². The van der Waals surface area contributed by atoms with Crippen molar-refractivity contribution < 1.29 is 19.6 Å². The van der Waals surface area contributed by atoms with Crippen LogP contribution >= 0.6 is 0 Å². The van der Waals surface area contributed by atoms with Crippen molar-refractivity contribution in [3.8, 4) is 11.4 Å². The van der Waals surface area contributed by atoms with Crippen LogP contribution in [0.2, 0.25) is 0 Å². The van der Waals surface area contributed by atoms with Crippen LogP contribution in [0.15, 0.2) is 30.7 Å². The molecule has 0 saturated carbocycles. The number of imidazole rings is 1. The zero-order chi connectivity index (χ0) is 15.4. The van der Waals surface area contributed by atoms with Gasteiger partial charge in [0.2, 0.25) is 0 Å². The first kappa shape index (κ1) is 14.5. The summed E-state index contributed by atoms with van der Waals surface area (Å²) in [6.07, 6.45) is 3.15. The Morgan fingerprint density at radius 3 is 2.86 bits per heavy atom. The van der Waals surface area contributed by atoms with Crippen molar-refractivity contribution >= 4 is 11.7 Å². The lowest BCUT2D eigenvalue weighted by molar-refractivity contribution is -0.385. The summed E-state index contributed by atoms with van der Waals surface area (Å²) in [5, 5.41) is 20.2. The molecule has 0 saturated heterocycles. The van der Waals surface area contributed by atoms with E-state index in [-0.39, 0.29) is 22.8 Å². The molecule has 2 rings (SSSR count). The molecule has 0 spiro atoms. The van der Waals surface area contributed by atoms with E-state index < -0.39 is 10.9 Å². The molecule has 0 aliphatic carbocycles. The second-order valence-corrected chi connectivity index (χ2v) is 4.20. The Morgan fingerprint density at radius 2 is 2.29 bits per heavy atom. The summed E-state index contributed by atoms with van der Waals surface area (Å²) < 4.78 is 6.66. The fourth-order valence-corrected chi connectivity index (χ4v) is 1.80. The summed E-state index contributed by atoms with van der Waals surface area (Å²) in [5.74, 6) is -1.06. The minimum atomic E-state index is -1.20. The Labute approximate surface area is 119 Å². The molecule has 21 heavy (non-hydrogen) atoms. The van der Waals surface area contributed by atoms with Crippen LogP contribution in [0.25, 0.3) is 5.69 Å². The van der Waals surface area contributed by atoms with Gasteiger partial charge in [-0.2, -0.15) is 0 Å². The highest BCUT2D eigenvalue weighted by Crippen LogP contribution is 2.33. The van der Waals surface area contributed by atoms with E-state index in [2.05, 4.69) is 4.98 Å². The monoisotopic (exact) mass is 291 g/mol. The predicted molar refractivity (Wildman–Crippen MR) is 73.0 cm³/mol. The first-order chi connectivity index (χ1) is 10.0. The van der Waals surface area contributed by atoms with Crippen LogP contribution in [0.4, 0.5) is 5.69 Å². The number of hydrogen-bond donors (Lipinski definition) is 1. The number of rotatable bonds is 6. The van der Waals surface area contributed by atoms with Gasteiger partial charge in [0.15, 0.2) is 11.4 Å². The van der Waals surface area contributed by atoms with Crippen molar-refractivity contribution in [3.05, 3.63) is 46.5 Å². The van der Waals surface area contributed by atoms with Gasteiger partial charge >= 0.3 is 11.7 Å². The number of aromatic carboxylic acids is 1. The first-order valence-electron chi connectivity index (χ1n) is 6.22. The number of para-hydroxylation sites is 1. The normalized spacial score (nSPS) is 10.3. The molecule has 0 fully saturated rings. The van der Waals surface area contributed by atoms with E-state index in [4.69, 9.17) is 9.84 Å². The lowest BCUT2D eigenvalue weighted by Gasteiger charge is -2.09. The molecule has 1 aromatic carbocycles. The average molecular weight is 291 g/mol. The third-order valence-corrected chi connectivity index (χ3v) is 2.70. The molecule has 8 nitrogen and oxygen atoms in total. The molecule has 0 amide bonds. The smallest absolute Gasteiger partial charge is 0.356 e. The first-order valence-corrected chi connectivity index (χ1v) is 6.22. The highest BCUT2D eigenvalue weighted by molar-refractivity contribution is 5.85. The molecule has 0 bridgehead atoms. The molecule has 1 N–H and O–H groups in total. The average Bonchev–Trinajstić information content (AvgIpc) is 2.94. The van der Waals surface area contributed by atoms with Gasteiger partial charge in [-0.3, -0.25) is 14.7 Å². The molecule has 0 atom stereocenters. The number of carboxylic acid groups (broad SMARTS) is 1. The van der Waals surface area contributed by atoms with E-state index >= 15 is 0 Å². The van der Waals surface area contributed by atoms with Crippen molar-refractivity contribution in [1.29, 1.82) is 0 Å². The van der Waals surface area contributed by atoms with Crippen molar-refractivity contribution in [2.24, 2.45) is 0 Å². The Hall–Kier alpha value is -2.90. The molecule has 0 aliphatic heterocycles. The van der Waals surface area contributed by atoms with Gasteiger partial charge in [-0.25, -0.2) is 9.78 Å². The van der Waals surface area contributed by atoms with Crippen molar-refractivity contribution in [2.45, 2.75) is 13.3 Å². The quantitative estimate of drug-likeness (QED) is 0.646. The summed E-state index contributed by atoms with van der Waals surface area (Å²) in [7, 11) is 0. The minimum absolute atomic E-state index is 0.143.